The quantitative estimate of drug-likeness (QED) is 0.782. The van der Waals surface area contributed by atoms with Crippen molar-refractivity contribution in [1.29, 1.82) is 0 Å². The minimum Gasteiger partial charge on any atom is -0.380 e. The molecule has 1 atom stereocenters. The van der Waals surface area contributed by atoms with Crippen molar-refractivity contribution in [1.82, 2.24) is 5.32 Å². The van der Waals surface area contributed by atoms with Gasteiger partial charge in [-0.25, -0.2) is 0 Å². The van der Waals surface area contributed by atoms with Crippen LogP contribution in [0.2, 0.25) is 0 Å². The fourth-order valence-corrected chi connectivity index (χ4v) is 1.96. The van der Waals surface area contributed by atoms with E-state index >= 15 is 0 Å². The lowest BCUT2D eigenvalue weighted by molar-refractivity contribution is 0.123. The van der Waals surface area contributed by atoms with Gasteiger partial charge in [0.05, 0.1) is 12.6 Å². The number of benzene rings is 1. The van der Waals surface area contributed by atoms with Crippen LogP contribution < -0.4 is 5.32 Å². The van der Waals surface area contributed by atoms with Crippen LogP contribution in [-0.4, -0.2) is 19.8 Å². The highest BCUT2D eigenvalue weighted by molar-refractivity contribution is 5.35. The van der Waals surface area contributed by atoms with Gasteiger partial charge in [-0.3, -0.25) is 0 Å². The van der Waals surface area contributed by atoms with Crippen molar-refractivity contribution >= 4 is 0 Å². The molecule has 2 heteroatoms. The van der Waals surface area contributed by atoms with Crippen molar-refractivity contribution in [2.45, 2.75) is 40.2 Å². The maximum atomic E-state index is 5.58. The normalized spacial score (nSPS) is 12.7. The van der Waals surface area contributed by atoms with Crippen molar-refractivity contribution in [3.63, 3.8) is 0 Å². The maximum absolute atomic E-state index is 5.58. The first-order valence-electron chi connectivity index (χ1n) is 6.57. The van der Waals surface area contributed by atoms with Gasteiger partial charge in [0, 0.05) is 6.61 Å². The SMILES string of the molecule is CCCNC(COCC)c1cccc(C)c1C. The monoisotopic (exact) mass is 235 g/mol. The molecule has 0 aromatic heterocycles. The summed E-state index contributed by atoms with van der Waals surface area (Å²) in [5, 5.41) is 3.56. The van der Waals surface area contributed by atoms with E-state index in [0.717, 1.165) is 26.2 Å². The lowest BCUT2D eigenvalue weighted by Gasteiger charge is -2.21. The van der Waals surface area contributed by atoms with E-state index < -0.39 is 0 Å². The molecule has 0 aliphatic rings. The Kier molecular flexibility index (Phi) is 6.23. The van der Waals surface area contributed by atoms with Crippen LogP contribution in [0.4, 0.5) is 0 Å². The summed E-state index contributed by atoms with van der Waals surface area (Å²) in [6, 6.07) is 6.81. The van der Waals surface area contributed by atoms with E-state index in [1.54, 1.807) is 0 Å². The van der Waals surface area contributed by atoms with Gasteiger partial charge in [0.2, 0.25) is 0 Å². The number of aryl methyl sites for hydroxylation is 1. The molecule has 1 unspecified atom stereocenters. The molecule has 2 nitrogen and oxygen atoms in total. The van der Waals surface area contributed by atoms with E-state index in [-0.39, 0.29) is 0 Å². The highest BCUT2D eigenvalue weighted by Gasteiger charge is 2.13. The van der Waals surface area contributed by atoms with Gasteiger partial charge in [-0.2, -0.15) is 0 Å². The molecule has 0 amide bonds. The first kappa shape index (κ1) is 14.2. The minimum absolute atomic E-state index is 0.315. The minimum atomic E-state index is 0.315. The predicted octanol–water partition coefficient (Wildman–Crippen LogP) is 3.38. The van der Waals surface area contributed by atoms with E-state index in [1.807, 2.05) is 6.92 Å². The second-order valence-electron chi connectivity index (χ2n) is 4.46. The second-order valence-corrected chi connectivity index (χ2v) is 4.46. The number of nitrogens with one attached hydrogen (secondary N) is 1. The third-order valence-electron chi connectivity index (χ3n) is 3.15. The lowest BCUT2D eigenvalue weighted by Crippen LogP contribution is -2.27. The Morgan fingerprint density at radius 2 is 2.00 bits per heavy atom. The van der Waals surface area contributed by atoms with Crippen LogP contribution in [0.15, 0.2) is 18.2 Å². The van der Waals surface area contributed by atoms with Crippen LogP contribution in [0, 0.1) is 13.8 Å². The fraction of sp³-hybridized carbons (Fsp3) is 0.600. The highest BCUT2D eigenvalue weighted by Crippen LogP contribution is 2.20. The Morgan fingerprint density at radius 3 is 2.65 bits per heavy atom. The van der Waals surface area contributed by atoms with Crippen molar-refractivity contribution in [3.8, 4) is 0 Å². The molecule has 0 heterocycles. The molecule has 0 fully saturated rings. The van der Waals surface area contributed by atoms with Gasteiger partial charge in [-0.15, -0.1) is 0 Å². The summed E-state index contributed by atoms with van der Waals surface area (Å²) in [4.78, 5) is 0. The standard InChI is InChI=1S/C15H25NO/c1-5-10-16-15(11-17-6-2)14-9-7-8-12(3)13(14)4/h7-9,15-16H,5-6,10-11H2,1-4H3. The molecule has 0 radical (unpaired) electrons. The molecule has 0 saturated heterocycles. The van der Waals surface area contributed by atoms with Crippen LogP contribution >= 0.6 is 0 Å². The molecule has 1 N–H and O–H groups in total. The largest absolute Gasteiger partial charge is 0.380 e. The summed E-state index contributed by atoms with van der Waals surface area (Å²) in [5.74, 6) is 0. The Morgan fingerprint density at radius 1 is 1.24 bits per heavy atom. The Balaban J connectivity index is 2.83. The van der Waals surface area contributed by atoms with Gasteiger partial charge in [-0.1, -0.05) is 25.1 Å². The van der Waals surface area contributed by atoms with Crippen LogP contribution in [0.3, 0.4) is 0 Å². The summed E-state index contributed by atoms with van der Waals surface area (Å²) < 4.78 is 5.58. The van der Waals surface area contributed by atoms with Crippen LogP contribution in [-0.2, 0) is 4.74 Å². The average Bonchev–Trinajstić information content (AvgIpc) is 2.34. The molecule has 0 aliphatic carbocycles. The van der Waals surface area contributed by atoms with E-state index in [4.69, 9.17) is 4.74 Å². The molecule has 0 bridgehead atoms. The molecule has 0 spiro atoms. The zero-order valence-electron chi connectivity index (χ0n) is 11.5. The van der Waals surface area contributed by atoms with Crippen LogP contribution in [0.25, 0.3) is 0 Å². The van der Waals surface area contributed by atoms with Crippen LogP contribution in [0.5, 0.6) is 0 Å². The van der Waals surface area contributed by atoms with E-state index in [9.17, 15) is 0 Å². The Bertz CT molecular complexity index is 328. The highest BCUT2D eigenvalue weighted by atomic mass is 16.5. The summed E-state index contributed by atoms with van der Waals surface area (Å²) in [7, 11) is 0. The summed E-state index contributed by atoms with van der Waals surface area (Å²) in [5.41, 5.74) is 4.09. The van der Waals surface area contributed by atoms with Crippen molar-refractivity contribution < 1.29 is 4.74 Å². The van der Waals surface area contributed by atoms with Crippen molar-refractivity contribution in [2.24, 2.45) is 0 Å². The maximum Gasteiger partial charge on any atom is 0.0661 e. The van der Waals surface area contributed by atoms with Crippen LogP contribution in [0.1, 0.15) is 43.0 Å². The van der Waals surface area contributed by atoms with Gasteiger partial charge < -0.3 is 10.1 Å². The van der Waals surface area contributed by atoms with Gasteiger partial charge >= 0.3 is 0 Å². The molecule has 0 aliphatic heterocycles. The van der Waals surface area contributed by atoms with E-state index in [2.05, 4.69) is 44.3 Å². The average molecular weight is 235 g/mol. The Labute approximate surface area is 105 Å². The van der Waals surface area contributed by atoms with Crippen molar-refractivity contribution in [3.05, 3.63) is 34.9 Å². The van der Waals surface area contributed by atoms with Gasteiger partial charge in [0.15, 0.2) is 0 Å². The molecule has 1 aromatic carbocycles. The van der Waals surface area contributed by atoms with E-state index in [1.165, 1.54) is 16.7 Å². The zero-order chi connectivity index (χ0) is 12.7. The molecule has 17 heavy (non-hydrogen) atoms. The third kappa shape index (κ3) is 4.14. The third-order valence-corrected chi connectivity index (χ3v) is 3.15. The predicted molar refractivity (Wildman–Crippen MR) is 73.4 cm³/mol. The molecular weight excluding hydrogens is 210 g/mol. The molecular formula is C15H25NO. The number of rotatable bonds is 7. The molecule has 1 aromatic rings. The zero-order valence-corrected chi connectivity index (χ0v) is 11.5. The van der Waals surface area contributed by atoms with Gasteiger partial charge in [-0.05, 0) is 50.4 Å². The molecule has 96 valence electrons. The summed E-state index contributed by atoms with van der Waals surface area (Å²) in [6.07, 6.45) is 1.15. The number of hydrogen-bond acceptors (Lipinski definition) is 2. The topological polar surface area (TPSA) is 21.3 Å². The summed E-state index contributed by atoms with van der Waals surface area (Å²) >= 11 is 0. The van der Waals surface area contributed by atoms with Crippen molar-refractivity contribution in [2.75, 3.05) is 19.8 Å². The van der Waals surface area contributed by atoms with Gasteiger partial charge in [0.25, 0.3) is 0 Å². The first-order chi connectivity index (χ1) is 8.20. The first-order valence-corrected chi connectivity index (χ1v) is 6.57. The Hall–Kier alpha value is -0.860. The lowest BCUT2D eigenvalue weighted by atomic mass is 9.98. The number of hydrogen-bond donors (Lipinski definition) is 1. The molecule has 0 saturated carbocycles. The fourth-order valence-electron chi connectivity index (χ4n) is 1.96. The number of ether oxygens (including phenoxy) is 1. The summed E-state index contributed by atoms with van der Waals surface area (Å²) in [6.45, 7) is 11.1. The smallest absolute Gasteiger partial charge is 0.0661 e. The second kappa shape index (κ2) is 7.46. The van der Waals surface area contributed by atoms with Gasteiger partial charge in [0.1, 0.15) is 0 Å². The molecule has 1 rings (SSSR count). The van der Waals surface area contributed by atoms with E-state index in [0.29, 0.717) is 6.04 Å².